The number of carbonyl (C=O) groups excluding carboxylic acids is 1. The predicted molar refractivity (Wildman–Crippen MR) is 95.9 cm³/mol. The van der Waals surface area contributed by atoms with Crippen LogP contribution in [0.2, 0.25) is 0 Å². The van der Waals surface area contributed by atoms with Crippen molar-refractivity contribution in [1.29, 1.82) is 0 Å². The molecule has 7 heteroatoms. The molecule has 0 unspecified atom stereocenters. The Bertz CT molecular complexity index is 912. The average Bonchev–Trinajstić information content (AvgIpc) is 2.56. The molecule has 0 aliphatic carbocycles. The Labute approximate surface area is 146 Å². The van der Waals surface area contributed by atoms with Crippen LogP contribution >= 0.6 is 0 Å². The van der Waals surface area contributed by atoms with Crippen molar-refractivity contribution >= 4 is 27.3 Å². The highest BCUT2D eigenvalue weighted by Gasteiger charge is 2.27. The van der Waals surface area contributed by atoms with Crippen molar-refractivity contribution in [3.8, 4) is 0 Å². The lowest BCUT2D eigenvalue weighted by atomic mass is 10.1. The Morgan fingerprint density at radius 1 is 1.16 bits per heavy atom. The van der Waals surface area contributed by atoms with Crippen LogP contribution < -0.4 is 9.62 Å². The van der Waals surface area contributed by atoms with E-state index in [1.165, 1.54) is 22.5 Å². The fourth-order valence-electron chi connectivity index (χ4n) is 2.85. The number of carbonyl (C=O) groups is 1. The second-order valence-electron chi connectivity index (χ2n) is 6.06. The van der Waals surface area contributed by atoms with Crippen LogP contribution in [0.4, 0.5) is 15.8 Å². The van der Waals surface area contributed by atoms with Gasteiger partial charge in [-0.05, 0) is 55.7 Å². The molecule has 0 radical (unpaired) electrons. The first-order valence-electron chi connectivity index (χ1n) is 8.05. The second kappa shape index (κ2) is 6.84. The number of hydrogen-bond acceptors (Lipinski definition) is 3. The molecule has 1 heterocycles. The summed E-state index contributed by atoms with van der Waals surface area (Å²) in [7, 11) is -3.33. The van der Waals surface area contributed by atoms with E-state index >= 15 is 0 Å². The molecule has 1 aliphatic heterocycles. The fourth-order valence-corrected chi connectivity index (χ4v) is 4.54. The van der Waals surface area contributed by atoms with Gasteiger partial charge in [0, 0.05) is 17.8 Å². The van der Waals surface area contributed by atoms with Crippen molar-refractivity contribution < 1.29 is 17.6 Å². The number of benzene rings is 2. The number of sulfonamides is 1. The van der Waals surface area contributed by atoms with Crippen molar-refractivity contribution in [1.82, 2.24) is 0 Å². The lowest BCUT2D eigenvalue weighted by Crippen LogP contribution is -2.38. The Morgan fingerprint density at radius 2 is 1.96 bits per heavy atom. The van der Waals surface area contributed by atoms with Crippen LogP contribution in [0.5, 0.6) is 0 Å². The molecule has 0 atom stereocenters. The summed E-state index contributed by atoms with van der Waals surface area (Å²) < 4.78 is 39.3. The van der Waals surface area contributed by atoms with E-state index in [0.717, 1.165) is 18.1 Å². The largest absolute Gasteiger partial charge is 0.322 e. The second-order valence-corrected chi connectivity index (χ2v) is 8.07. The number of anilines is 2. The summed E-state index contributed by atoms with van der Waals surface area (Å²) in [6, 6.07) is 10.5. The van der Waals surface area contributed by atoms with Gasteiger partial charge >= 0.3 is 0 Å². The number of nitrogens with zero attached hydrogens (tertiary/aromatic N) is 1. The standard InChI is InChI=1S/C18H19FN2O3S/c1-13-7-8-16(20-18(22)14-5-4-6-15(19)11-14)12-17(13)21-9-2-3-10-25(21,23)24/h4-8,11-12H,2-3,9-10H2,1H3,(H,20,22). The normalized spacial score (nSPS) is 16.5. The predicted octanol–water partition coefficient (Wildman–Crippen LogP) is 3.32. The zero-order valence-electron chi connectivity index (χ0n) is 13.8. The molecule has 132 valence electrons. The molecular formula is C18H19FN2O3S. The average molecular weight is 362 g/mol. The van der Waals surface area contributed by atoms with Crippen molar-refractivity contribution in [2.24, 2.45) is 0 Å². The maximum Gasteiger partial charge on any atom is 0.255 e. The highest BCUT2D eigenvalue weighted by atomic mass is 32.2. The van der Waals surface area contributed by atoms with Gasteiger partial charge in [0.25, 0.3) is 5.91 Å². The maximum atomic E-state index is 13.3. The zero-order chi connectivity index (χ0) is 18.0. The quantitative estimate of drug-likeness (QED) is 0.911. The third-order valence-corrected chi connectivity index (χ3v) is 6.03. The molecule has 5 nitrogen and oxygen atoms in total. The number of rotatable bonds is 3. The third-order valence-electron chi connectivity index (χ3n) is 4.17. The van der Waals surface area contributed by atoms with Gasteiger partial charge in [0.2, 0.25) is 10.0 Å². The summed E-state index contributed by atoms with van der Waals surface area (Å²) >= 11 is 0. The molecule has 0 saturated carbocycles. The molecule has 2 aromatic carbocycles. The van der Waals surface area contributed by atoms with Gasteiger partial charge in [-0.25, -0.2) is 12.8 Å². The topological polar surface area (TPSA) is 66.5 Å². The number of hydrogen-bond donors (Lipinski definition) is 1. The molecule has 1 fully saturated rings. The highest BCUT2D eigenvalue weighted by Crippen LogP contribution is 2.29. The lowest BCUT2D eigenvalue weighted by molar-refractivity contribution is 0.102. The Kier molecular flexibility index (Phi) is 4.76. The third kappa shape index (κ3) is 3.82. The van der Waals surface area contributed by atoms with E-state index in [2.05, 4.69) is 5.32 Å². The first-order valence-corrected chi connectivity index (χ1v) is 9.66. The van der Waals surface area contributed by atoms with Crippen molar-refractivity contribution in [2.75, 3.05) is 21.9 Å². The van der Waals surface area contributed by atoms with Gasteiger partial charge in [-0.1, -0.05) is 12.1 Å². The molecule has 3 rings (SSSR count). The molecule has 0 spiro atoms. The van der Waals surface area contributed by atoms with E-state index in [0.29, 0.717) is 24.3 Å². The van der Waals surface area contributed by atoms with Crippen LogP contribution in [0.15, 0.2) is 42.5 Å². The van der Waals surface area contributed by atoms with Crippen LogP contribution in [-0.2, 0) is 10.0 Å². The van der Waals surface area contributed by atoms with Gasteiger partial charge in [0.15, 0.2) is 0 Å². The molecule has 1 N–H and O–H groups in total. The maximum absolute atomic E-state index is 13.3. The van der Waals surface area contributed by atoms with E-state index in [1.807, 2.05) is 6.92 Å². The van der Waals surface area contributed by atoms with Gasteiger partial charge in [-0.3, -0.25) is 9.10 Å². The summed E-state index contributed by atoms with van der Waals surface area (Å²) in [5.74, 6) is -0.806. The van der Waals surface area contributed by atoms with Gasteiger partial charge in [0.1, 0.15) is 5.82 Å². The summed E-state index contributed by atoms with van der Waals surface area (Å²) in [6.45, 7) is 2.27. The number of aryl methyl sites for hydroxylation is 1. The highest BCUT2D eigenvalue weighted by molar-refractivity contribution is 7.92. The van der Waals surface area contributed by atoms with Crippen LogP contribution in [0.25, 0.3) is 0 Å². The summed E-state index contributed by atoms with van der Waals surface area (Å²) in [5.41, 5.74) is 2.05. The molecular weight excluding hydrogens is 343 g/mol. The number of halogens is 1. The van der Waals surface area contributed by atoms with Gasteiger partial charge < -0.3 is 5.32 Å². The first kappa shape index (κ1) is 17.4. The molecule has 1 amide bonds. The van der Waals surface area contributed by atoms with E-state index < -0.39 is 21.7 Å². The summed E-state index contributed by atoms with van der Waals surface area (Å²) in [5, 5.41) is 2.69. The van der Waals surface area contributed by atoms with Crippen LogP contribution in [0.3, 0.4) is 0 Å². The zero-order valence-corrected chi connectivity index (χ0v) is 14.6. The first-order chi connectivity index (χ1) is 11.9. The molecule has 0 bridgehead atoms. The lowest BCUT2D eigenvalue weighted by Gasteiger charge is -2.29. The van der Waals surface area contributed by atoms with Crippen LogP contribution in [0.1, 0.15) is 28.8 Å². The van der Waals surface area contributed by atoms with E-state index in [4.69, 9.17) is 0 Å². The van der Waals surface area contributed by atoms with E-state index in [1.54, 1.807) is 18.2 Å². The van der Waals surface area contributed by atoms with Gasteiger partial charge in [0.05, 0.1) is 11.4 Å². The number of nitrogens with one attached hydrogen (secondary N) is 1. The minimum Gasteiger partial charge on any atom is -0.322 e. The molecule has 2 aromatic rings. The molecule has 25 heavy (non-hydrogen) atoms. The number of amides is 1. The fraction of sp³-hybridized carbons (Fsp3) is 0.278. The van der Waals surface area contributed by atoms with Gasteiger partial charge in [-0.2, -0.15) is 0 Å². The minimum atomic E-state index is -3.33. The summed E-state index contributed by atoms with van der Waals surface area (Å²) in [4.78, 5) is 12.3. The Hall–Kier alpha value is -2.41. The Morgan fingerprint density at radius 3 is 2.68 bits per heavy atom. The molecule has 1 aliphatic rings. The van der Waals surface area contributed by atoms with Crippen molar-refractivity contribution in [3.63, 3.8) is 0 Å². The summed E-state index contributed by atoms with van der Waals surface area (Å²) in [6.07, 6.45) is 1.46. The smallest absolute Gasteiger partial charge is 0.255 e. The van der Waals surface area contributed by atoms with Crippen molar-refractivity contribution in [2.45, 2.75) is 19.8 Å². The van der Waals surface area contributed by atoms with Crippen LogP contribution in [0, 0.1) is 12.7 Å². The SMILES string of the molecule is Cc1ccc(NC(=O)c2cccc(F)c2)cc1N1CCCCS1(=O)=O. The molecule has 1 saturated heterocycles. The van der Waals surface area contributed by atoms with Crippen LogP contribution in [-0.4, -0.2) is 26.6 Å². The van der Waals surface area contributed by atoms with E-state index in [9.17, 15) is 17.6 Å². The Balaban J connectivity index is 1.88. The van der Waals surface area contributed by atoms with Crippen molar-refractivity contribution in [3.05, 3.63) is 59.4 Å². The minimum absolute atomic E-state index is 0.131. The monoisotopic (exact) mass is 362 g/mol. The molecule has 0 aromatic heterocycles. The van der Waals surface area contributed by atoms with E-state index in [-0.39, 0.29) is 11.3 Å². The van der Waals surface area contributed by atoms with Gasteiger partial charge in [-0.15, -0.1) is 0 Å².